The molecule has 0 aliphatic heterocycles. The quantitative estimate of drug-likeness (QED) is 0.686. The summed E-state index contributed by atoms with van der Waals surface area (Å²) in [4.78, 5) is 2.28. The van der Waals surface area contributed by atoms with Crippen molar-refractivity contribution in [1.82, 2.24) is 4.90 Å². The van der Waals surface area contributed by atoms with Crippen molar-refractivity contribution < 1.29 is 0 Å². The molecule has 0 fully saturated rings. The summed E-state index contributed by atoms with van der Waals surface area (Å²) in [7, 11) is 2.13. The summed E-state index contributed by atoms with van der Waals surface area (Å²) in [6.07, 6.45) is 4.07. The van der Waals surface area contributed by atoms with Crippen molar-refractivity contribution in [3.05, 3.63) is 53.6 Å². The first-order valence-electron chi connectivity index (χ1n) is 7.80. The lowest BCUT2D eigenvalue weighted by molar-refractivity contribution is 0.363. The van der Waals surface area contributed by atoms with Gasteiger partial charge in [-0.25, -0.2) is 0 Å². The normalized spacial score (nSPS) is 11.6. The zero-order valence-corrected chi connectivity index (χ0v) is 15.0. The molecule has 0 aromatic heterocycles. The fourth-order valence-electron chi connectivity index (χ4n) is 2.13. The van der Waals surface area contributed by atoms with Crippen LogP contribution in [0.15, 0.2) is 36.9 Å². The maximum atomic E-state index is 4.04. The molecule has 0 aliphatic carbocycles. The van der Waals surface area contributed by atoms with E-state index in [-0.39, 0.29) is 5.41 Å². The van der Waals surface area contributed by atoms with Crippen LogP contribution in [0.3, 0.4) is 0 Å². The summed E-state index contributed by atoms with van der Waals surface area (Å²) in [5.74, 6) is 6.32. The fraction of sp³-hybridized carbons (Fsp3) is 0.429. The lowest BCUT2D eigenvalue weighted by Crippen LogP contribution is -2.17. The fourth-order valence-corrected chi connectivity index (χ4v) is 2.13. The van der Waals surface area contributed by atoms with Gasteiger partial charge in [0, 0.05) is 18.5 Å². The van der Waals surface area contributed by atoms with Gasteiger partial charge in [-0.3, -0.25) is 4.90 Å². The predicted octanol–water partition coefficient (Wildman–Crippen LogP) is 5.07. The van der Waals surface area contributed by atoms with Crippen molar-refractivity contribution in [2.24, 2.45) is 5.41 Å². The van der Waals surface area contributed by atoms with Crippen molar-refractivity contribution >= 4 is 5.57 Å². The Morgan fingerprint density at radius 3 is 2.55 bits per heavy atom. The number of benzene rings is 1. The third-order valence-corrected chi connectivity index (χ3v) is 3.15. The molecule has 0 amide bonds. The Hall–Kier alpha value is -1.78. The molecule has 0 radical (unpaired) electrons. The molecule has 1 aromatic rings. The van der Waals surface area contributed by atoms with Crippen LogP contribution in [0.4, 0.5) is 0 Å². The first kappa shape index (κ1) is 18.3. The molecule has 0 saturated heterocycles. The Labute approximate surface area is 136 Å². The highest BCUT2D eigenvalue weighted by Crippen LogP contribution is 2.17. The van der Waals surface area contributed by atoms with Gasteiger partial charge in [0.15, 0.2) is 0 Å². The van der Waals surface area contributed by atoms with E-state index in [4.69, 9.17) is 0 Å². The first-order valence-corrected chi connectivity index (χ1v) is 7.80. The lowest BCUT2D eigenvalue weighted by Gasteiger charge is -2.16. The number of rotatable bonds is 5. The van der Waals surface area contributed by atoms with Gasteiger partial charge in [-0.05, 0) is 58.9 Å². The SMILES string of the molecule is C=C(C)c1cc(C)cc(CN(C)CC=CC#CC(C)(C)C)c1. The summed E-state index contributed by atoms with van der Waals surface area (Å²) in [6, 6.07) is 6.66. The van der Waals surface area contributed by atoms with Gasteiger partial charge >= 0.3 is 0 Å². The first-order chi connectivity index (χ1) is 10.2. The zero-order chi connectivity index (χ0) is 16.8. The molecule has 0 N–H and O–H groups in total. The van der Waals surface area contributed by atoms with Crippen LogP contribution in [-0.4, -0.2) is 18.5 Å². The smallest absolute Gasteiger partial charge is 0.0234 e. The summed E-state index contributed by atoms with van der Waals surface area (Å²) >= 11 is 0. The van der Waals surface area contributed by atoms with Crippen LogP contribution in [-0.2, 0) is 6.54 Å². The van der Waals surface area contributed by atoms with Crippen LogP contribution in [0.5, 0.6) is 0 Å². The number of likely N-dealkylation sites (N-methyl/N-ethyl adjacent to an activating group) is 1. The van der Waals surface area contributed by atoms with Gasteiger partial charge in [-0.15, -0.1) is 0 Å². The maximum absolute atomic E-state index is 4.04. The molecule has 0 bridgehead atoms. The summed E-state index contributed by atoms with van der Waals surface area (Å²) in [5, 5.41) is 0. The molecular weight excluding hydrogens is 266 g/mol. The topological polar surface area (TPSA) is 3.24 Å². The summed E-state index contributed by atoms with van der Waals surface area (Å²) < 4.78 is 0. The number of hydrogen-bond donors (Lipinski definition) is 0. The molecule has 0 unspecified atom stereocenters. The van der Waals surface area contributed by atoms with Crippen LogP contribution in [0.25, 0.3) is 5.57 Å². The van der Waals surface area contributed by atoms with Crippen molar-refractivity contribution in [2.75, 3.05) is 13.6 Å². The van der Waals surface area contributed by atoms with Gasteiger partial charge in [0.1, 0.15) is 0 Å². The number of nitrogens with zero attached hydrogens (tertiary/aromatic N) is 1. The molecule has 0 atom stereocenters. The van der Waals surface area contributed by atoms with Crippen molar-refractivity contribution in [1.29, 1.82) is 0 Å². The van der Waals surface area contributed by atoms with Crippen molar-refractivity contribution in [3.63, 3.8) is 0 Å². The molecule has 22 heavy (non-hydrogen) atoms. The highest BCUT2D eigenvalue weighted by atomic mass is 15.1. The minimum absolute atomic E-state index is 0.0662. The average Bonchev–Trinajstić information content (AvgIpc) is 2.36. The van der Waals surface area contributed by atoms with E-state index >= 15 is 0 Å². The number of hydrogen-bond acceptors (Lipinski definition) is 1. The molecule has 1 aromatic carbocycles. The molecule has 0 spiro atoms. The second kappa shape index (κ2) is 8.01. The van der Waals surface area contributed by atoms with E-state index < -0.39 is 0 Å². The van der Waals surface area contributed by atoms with Gasteiger partial charge in [0.2, 0.25) is 0 Å². The van der Waals surface area contributed by atoms with E-state index in [0.29, 0.717) is 0 Å². The molecule has 118 valence electrons. The lowest BCUT2D eigenvalue weighted by atomic mass is 9.98. The molecule has 1 nitrogen and oxygen atoms in total. The van der Waals surface area contributed by atoms with Gasteiger partial charge in [-0.2, -0.15) is 0 Å². The Balaban J connectivity index is 2.62. The number of allylic oxidation sites excluding steroid dienone is 2. The van der Waals surface area contributed by atoms with E-state index in [1.165, 1.54) is 16.7 Å². The standard InChI is InChI=1S/C21H29N/c1-17(2)20-14-18(3)13-19(15-20)16-22(7)12-10-8-9-11-21(4,5)6/h8,10,13-15H,1,12,16H2,2-7H3. The average molecular weight is 295 g/mol. The Morgan fingerprint density at radius 2 is 1.95 bits per heavy atom. The summed E-state index contributed by atoms with van der Waals surface area (Å²) in [5.41, 5.74) is 5.03. The van der Waals surface area contributed by atoms with Gasteiger partial charge in [0.05, 0.1) is 0 Å². The van der Waals surface area contributed by atoms with Crippen LogP contribution in [0.2, 0.25) is 0 Å². The maximum Gasteiger partial charge on any atom is 0.0234 e. The van der Waals surface area contributed by atoms with Crippen LogP contribution >= 0.6 is 0 Å². The van der Waals surface area contributed by atoms with E-state index in [1.54, 1.807) is 0 Å². The van der Waals surface area contributed by atoms with Crippen LogP contribution in [0, 0.1) is 24.2 Å². The predicted molar refractivity (Wildman–Crippen MR) is 98.6 cm³/mol. The largest absolute Gasteiger partial charge is 0.298 e. The zero-order valence-electron chi connectivity index (χ0n) is 15.0. The van der Waals surface area contributed by atoms with E-state index in [0.717, 1.165) is 18.7 Å². The second-order valence-electron chi connectivity index (χ2n) is 7.11. The monoisotopic (exact) mass is 295 g/mol. The van der Waals surface area contributed by atoms with E-state index in [2.05, 4.69) is 89.3 Å². The minimum Gasteiger partial charge on any atom is -0.298 e. The molecule has 0 saturated carbocycles. The van der Waals surface area contributed by atoms with E-state index in [9.17, 15) is 0 Å². The van der Waals surface area contributed by atoms with Crippen LogP contribution in [0.1, 0.15) is 44.4 Å². The van der Waals surface area contributed by atoms with Crippen LogP contribution < -0.4 is 0 Å². The van der Waals surface area contributed by atoms with E-state index in [1.807, 2.05) is 6.08 Å². The van der Waals surface area contributed by atoms with Gasteiger partial charge in [0.25, 0.3) is 0 Å². The third kappa shape index (κ3) is 7.29. The molecule has 0 aliphatic rings. The second-order valence-corrected chi connectivity index (χ2v) is 7.11. The highest BCUT2D eigenvalue weighted by Gasteiger charge is 2.03. The van der Waals surface area contributed by atoms with Gasteiger partial charge in [-0.1, -0.05) is 53.8 Å². The Morgan fingerprint density at radius 1 is 1.27 bits per heavy atom. The minimum atomic E-state index is 0.0662. The highest BCUT2D eigenvalue weighted by molar-refractivity contribution is 5.62. The van der Waals surface area contributed by atoms with Gasteiger partial charge < -0.3 is 0 Å². The summed E-state index contributed by atoms with van der Waals surface area (Å²) in [6.45, 7) is 16.4. The Kier molecular flexibility index (Phi) is 6.65. The number of aryl methyl sites for hydroxylation is 1. The molecule has 1 rings (SSSR count). The molecule has 1 heteroatoms. The molecule has 0 heterocycles. The van der Waals surface area contributed by atoms with Crippen molar-refractivity contribution in [2.45, 2.75) is 41.2 Å². The van der Waals surface area contributed by atoms with Crippen molar-refractivity contribution in [3.8, 4) is 11.8 Å². The third-order valence-electron chi connectivity index (χ3n) is 3.15. The Bertz CT molecular complexity index is 603. The molecular formula is C21H29N.